The molecule has 0 saturated heterocycles. The van der Waals surface area contributed by atoms with Crippen LogP contribution < -0.4 is 0 Å². The predicted molar refractivity (Wildman–Crippen MR) is 58.9 cm³/mol. The van der Waals surface area contributed by atoms with Crippen LogP contribution in [0.25, 0.3) is 10.9 Å². The lowest BCUT2D eigenvalue weighted by Gasteiger charge is -1.99. The first-order chi connectivity index (χ1) is 6.65. The molecule has 0 unspecified atom stereocenters. The number of aromatic nitrogens is 1. The zero-order valence-electron chi connectivity index (χ0n) is 7.59. The number of rotatable bonds is 1. The summed E-state index contributed by atoms with van der Waals surface area (Å²) < 4.78 is 1.87. The molecule has 1 aromatic carbocycles. The number of benzene rings is 1. The van der Waals surface area contributed by atoms with Crippen molar-refractivity contribution >= 4 is 34.1 Å². The zero-order valence-corrected chi connectivity index (χ0v) is 9.10. The van der Waals surface area contributed by atoms with E-state index in [0.29, 0.717) is 15.7 Å². The Bertz CT molecular complexity index is 490. The number of nitrogens with zero attached hydrogens (tertiary/aromatic N) is 1. The summed E-state index contributed by atoms with van der Waals surface area (Å²) in [6, 6.07) is 5.50. The van der Waals surface area contributed by atoms with E-state index in [1.807, 2.05) is 17.7 Å². The summed E-state index contributed by atoms with van der Waals surface area (Å²) in [6.45, 7) is -0.0678. The summed E-state index contributed by atoms with van der Waals surface area (Å²) in [7, 11) is 1.87. The Labute approximate surface area is 91.7 Å². The Morgan fingerprint density at radius 2 is 2.07 bits per heavy atom. The van der Waals surface area contributed by atoms with Crippen molar-refractivity contribution in [2.45, 2.75) is 6.61 Å². The molecule has 0 atom stereocenters. The van der Waals surface area contributed by atoms with Crippen molar-refractivity contribution in [2.75, 3.05) is 0 Å². The lowest BCUT2D eigenvalue weighted by atomic mass is 10.2. The summed E-state index contributed by atoms with van der Waals surface area (Å²) in [4.78, 5) is 0. The van der Waals surface area contributed by atoms with Crippen LogP contribution in [-0.2, 0) is 13.7 Å². The average Bonchev–Trinajstić information content (AvgIpc) is 2.39. The number of aliphatic hydroxyl groups excluding tert-OH is 1. The van der Waals surface area contributed by atoms with Gasteiger partial charge in [-0.25, -0.2) is 0 Å². The van der Waals surface area contributed by atoms with Gasteiger partial charge >= 0.3 is 0 Å². The Morgan fingerprint density at radius 1 is 1.36 bits per heavy atom. The van der Waals surface area contributed by atoms with Crippen LogP contribution in [0.3, 0.4) is 0 Å². The highest BCUT2D eigenvalue weighted by atomic mass is 35.5. The van der Waals surface area contributed by atoms with Crippen LogP contribution in [0.15, 0.2) is 18.2 Å². The molecule has 74 valence electrons. The van der Waals surface area contributed by atoms with E-state index in [-0.39, 0.29) is 6.61 Å². The second kappa shape index (κ2) is 3.46. The second-order valence-electron chi connectivity index (χ2n) is 3.14. The zero-order chi connectivity index (χ0) is 10.3. The van der Waals surface area contributed by atoms with Gasteiger partial charge in [-0.15, -0.1) is 0 Å². The lowest BCUT2D eigenvalue weighted by Crippen LogP contribution is -1.95. The van der Waals surface area contributed by atoms with E-state index in [1.165, 1.54) is 0 Å². The standard InChI is InChI=1S/C10H9Cl2NO/c1-13-8-3-2-6(11)4-7(8)10(12)9(13)5-14/h2-4,14H,5H2,1H3. The van der Waals surface area contributed by atoms with Gasteiger partial charge in [0.1, 0.15) is 0 Å². The first-order valence-electron chi connectivity index (χ1n) is 4.18. The maximum absolute atomic E-state index is 9.13. The molecule has 0 amide bonds. The molecule has 4 heteroatoms. The number of hydrogen-bond donors (Lipinski definition) is 1. The summed E-state index contributed by atoms with van der Waals surface area (Å²) in [5.74, 6) is 0. The fourth-order valence-electron chi connectivity index (χ4n) is 1.60. The Balaban J connectivity index is 2.87. The van der Waals surface area contributed by atoms with Gasteiger partial charge in [-0.05, 0) is 18.2 Å². The molecule has 14 heavy (non-hydrogen) atoms. The molecule has 2 nitrogen and oxygen atoms in total. The molecule has 0 radical (unpaired) electrons. The van der Waals surface area contributed by atoms with Crippen LogP contribution >= 0.6 is 23.2 Å². The van der Waals surface area contributed by atoms with E-state index in [0.717, 1.165) is 10.9 Å². The smallest absolute Gasteiger partial charge is 0.0848 e. The highest BCUT2D eigenvalue weighted by Crippen LogP contribution is 2.31. The fourth-order valence-corrected chi connectivity index (χ4v) is 2.11. The van der Waals surface area contributed by atoms with Crippen LogP contribution in [0.5, 0.6) is 0 Å². The van der Waals surface area contributed by atoms with E-state index < -0.39 is 0 Å². The summed E-state index contributed by atoms with van der Waals surface area (Å²) in [6.07, 6.45) is 0. The molecule has 1 aromatic heterocycles. The van der Waals surface area contributed by atoms with Crippen molar-refractivity contribution in [2.24, 2.45) is 7.05 Å². The lowest BCUT2D eigenvalue weighted by molar-refractivity contribution is 0.273. The molecule has 1 N–H and O–H groups in total. The molecular formula is C10H9Cl2NO. The van der Waals surface area contributed by atoms with Gasteiger partial charge in [-0.1, -0.05) is 23.2 Å². The van der Waals surface area contributed by atoms with E-state index in [9.17, 15) is 0 Å². The van der Waals surface area contributed by atoms with Crippen molar-refractivity contribution in [1.29, 1.82) is 0 Å². The van der Waals surface area contributed by atoms with Crippen molar-refractivity contribution < 1.29 is 5.11 Å². The first-order valence-corrected chi connectivity index (χ1v) is 4.94. The minimum Gasteiger partial charge on any atom is -0.390 e. The minimum absolute atomic E-state index is 0.0678. The molecule has 2 rings (SSSR count). The van der Waals surface area contributed by atoms with Gasteiger partial charge in [0.15, 0.2) is 0 Å². The third kappa shape index (κ3) is 1.31. The average molecular weight is 230 g/mol. The van der Waals surface area contributed by atoms with Gasteiger partial charge in [0.05, 0.1) is 17.3 Å². The highest BCUT2D eigenvalue weighted by molar-refractivity contribution is 6.37. The maximum atomic E-state index is 9.13. The minimum atomic E-state index is -0.0678. The molecule has 0 saturated carbocycles. The van der Waals surface area contributed by atoms with Crippen LogP contribution in [0.2, 0.25) is 10.0 Å². The van der Waals surface area contributed by atoms with Gasteiger partial charge in [-0.2, -0.15) is 0 Å². The molecule has 0 aliphatic heterocycles. The van der Waals surface area contributed by atoms with Gasteiger partial charge in [-0.3, -0.25) is 0 Å². The van der Waals surface area contributed by atoms with Gasteiger partial charge in [0, 0.05) is 23.0 Å². The highest BCUT2D eigenvalue weighted by Gasteiger charge is 2.12. The van der Waals surface area contributed by atoms with E-state index >= 15 is 0 Å². The molecular weight excluding hydrogens is 221 g/mol. The molecule has 0 aliphatic rings. The molecule has 0 spiro atoms. The van der Waals surface area contributed by atoms with E-state index in [2.05, 4.69) is 0 Å². The van der Waals surface area contributed by atoms with Crippen LogP contribution in [0.1, 0.15) is 5.69 Å². The molecule has 1 heterocycles. The van der Waals surface area contributed by atoms with Crippen molar-refractivity contribution in [3.05, 3.63) is 33.9 Å². The normalized spacial score (nSPS) is 11.1. The number of halogens is 2. The van der Waals surface area contributed by atoms with E-state index in [4.69, 9.17) is 28.3 Å². The molecule has 0 aliphatic carbocycles. The van der Waals surface area contributed by atoms with Crippen molar-refractivity contribution in [3.63, 3.8) is 0 Å². The van der Waals surface area contributed by atoms with Crippen LogP contribution in [0, 0.1) is 0 Å². The molecule has 2 aromatic rings. The summed E-state index contributed by atoms with van der Waals surface area (Å²) in [5.41, 5.74) is 1.69. The number of fused-ring (bicyclic) bond motifs is 1. The van der Waals surface area contributed by atoms with Crippen LogP contribution in [-0.4, -0.2) is 9.67 Å². The molecule has 0 fully saturated rings. The topological polar surface area (TPSA) is 25.2 Å². The largest absolute Gasteiger partial charge is 0.390 e. The summed E-state index contributed by atoms with van der Waals surface area (Å²) >= 11 is 12.0. The second-order valence-corrected chi connectivity index (χ2v) is 3.95. The van der Waals surface area contributed by atoms with E-state index in [1.54, 1.807) is 12.1 Å². The number of hydrogen-bond acceptors (Lipinski definition) is 1. The van der Waals surface area contributed by atoms with Crippen molar-refractivity contribution in [1.82, 2.24) is 4.57 Å². The third-order valence-electron chi connectivity index (χ3n) is 2.36. The SMILES string of the molecule is Cn1c(CO)c(Cl)c2cc(Cl)ccc21. The van der Waals surface area contributed by atoms with Gasteiger partial charge in [0.25, 0.3) is 0 Å². The molecule has 0 bridgehead atoms. The number of aryl methyl sites for hydroxylation is 1. The first kappa shape index (κ1) is 9.84. The predicted octanol–water partition coefficient (Wildman–Crippen LogP) is 2.98. The fraction of sp³-hybridized carbons (Fsp3) is 0.200. The quantitative estimate of drug-likeness (QED) is 0.800. The summed E-state index contributed by atoms with van der Waals surface area (Å²) in [5, 5.41) is 11.2. The number of aliphatic hydroxyl groups is 1. The van der Waals surface area contributed by atoms with Gasteiger partial charge in [0.2, 0.25) is 0 Å². The third-order valence-corrected chi connectivity index (χ3v) is 3.02. The van der Waals surface area contributed by atoms with Crippen LogP contribution in [0.4, 0.5) is 0 Å². The monoisotopic (exact) mass is 229 g/mol. The Kier molecular flexibility index (Phi) is 2.43. The maximum Gasteiger partial charge on any atom is 0.0848 e. The van der Waals surface area contributed by atoms with Crippen molar-refractivity contribution in [3.8, 4) is 0 Å². The Hall–Kier alpha value is -0.700. The Morgan fingerprint density at radius 3 is 2.71 bits per heavy atom. The van der Waals surface area contributed by atoms with Gasteiger partial charge < -0.3 is 9.67 Å².